The summed E-state index contributed by atoms with van der Waals surface area (Å²) < 4.78 is 0. The highest BCUT2D eigenvalue weighted by Crippen LogP contribution is 2.20. The van der Waals surface area contributed by atoms with Gasteiger partial charge in [0.15, 0.2) is 0 Å². The number of benzene rings is 1. The molecule has 1 rings (SSSR count). The number of nitrogens with two attached hydrogens (primary N) is 1. The summed E-state index contributed by atoms with van der Waals surface area (Å²) >= 11 is 0. The van der Waals surface area contributed by atoms with Gasteiger partial charge >= 0.3 is 0 Å². The highest BCUT2D eigenvalue weighted by molar-refractivity contribution is 5.38. The highest BCUT2D eigenvalue weighted by atomic mass is 14.7. The number of hydrogen-bond acceptors (Lipinski definition) is 1. The Balaban J connectivity index is 2.83. The molecule has 0 atom stereocenters. The molecule has 0 bridgehead atoms. The van der Waals surface area contributed by atoms with Gasteiger partial charge < -0.3 is 5.73 Å². The predicted molar refractivity (Wildman–Crippen MR) is 67.2 cm³/mol. The van der Waals surface area contributed by atoms with Gasteiger partial charge in [0.25, 0.3) is 0 Å². The summed E-state index contributed by atoms with van der Waals surface area (Å²) in [5.74, 6) is 0. The molecule has 0 saturated heterocycles. The van der Waals surface area contributed by atoms with E-state index in [0.29, 0.717) is 0 Å². The zero-order chi connectivity index (χ0) is 11.6. The van der Waals surface area contributed by atoms with Gasteiger partial charge in [0.2, 0.25) is 0 Å². The minimum Gasteiger partial charge on any atom is -0.326 e. The molecule has 1 heteroatoms. The fourth-order valence-corrected chi connectivity index (χ4v) is 1.74. The molecule has 1 nitrogen and oxygen atoms in total. The van der Waals surface area contributed by atoms with Crippen LogP contribution in [0, 0.1) is 20.8 Å². The van der Waals surface area contributed by atoms with Crippen molar-refractivity contribution >= 4 is 0 Å². The number of hydrogen-bond donors (Lipinski definition) is 1. The third-order valence-electron chi connectivity index (χ3n) is 3.21. The molecule has 0 radical (unpaired) electrons. The molecule has 0 spiro atoms. The van der Waals surface area contributed by atoms with Gasteiger partial charge in [-0.3, -0.25) is 0 Å². The lowest BCUT2D eigenvalue weighted by Crippen LogP contribution is -2.32. The van der Waals surface area contributed by atoms with E-state index < -0.39 is 0 Å². The largest absolute Gasteiger partial charge is 0.326 e. The van der Waals surface area contributed by atoms with Crippen molar-refractivity contribution in [3.05, 3.63) is 34.4 Å². The Bertz CT molecular complexity index is 345. The second kappa shape index (κ2) is 4.36. The van der Waals surface area contributed by atoms with E-state index in [2.05, 4.69) is 46.8 Å². The first kappa shape index (κ1) is 12.3. The third-order valence-corrected chi connectivity index (χ3v) is 3.21. The molecule has 0 aliphatic carbocycles. The average Bonchev–Trinajstić information content (AvgIpc) is 2.12. The molecule has 0 aromatic heterocycles. The van der Waals surface area contributed by atoms with E-state index in [1.807, 2.05) is 0 Å². The Morgan fingerprint density at radius 1 is 1.07 bits per heavy atom. The average molecular weight is 205 g/mol. The second-order valence-electron chi connectivity index (χ2n) is 5.28. The maximum absolute atomic E-state index is 6.00. The van der Waals surface area contributed by atoms with E-state index in [1.54, 1.807) is 0 Å². The van der Waals surface area contributed by atoms with Crippen LogP contribution in [0.25, 0.3) is 0 Å². The lowest BCUT2D eigenvalue weighted by atomic mass is 9.91. The number of aryl methyl sites for hydroxylation is 2. The first-order valence-electron chi connectivity index (χ1n) is 5.66. The Hall–Kier alpha value is -0.820. The number of rotatable bonds is 3. The fraction of sp³-hybridized carbons (Fsp3) is 0.571. The van der Waals surface area contributed by atoms with Crippen LogP contribution in [0.5, 0.6) is 0 Å². The van der Waals surface area contributed by atoms with E-state index in [4.69, 9.17) is 5.73 Å². The SMILES string of the molecule is Cc1ccc(CCC(C)(C)N)c(C)c1C. The van der Waals surface area contributed by atoms with Crippen molar-refractivity contribution in [2.75, 3.05) is 0 Å². The van der Waals surface area contributed by atoms with Gasteiger partial charge in [0, 0.05) is 5.54 Å². The maximum atomic E-state index is 6.00. The molecule has 1 aromatic carbocycles. The summed E-state index contributed by atoms with van der Waals surface area (Å²) in [5, 5.41) is 0. The molecular weight excluding hydrogens is 182 g/mol. The van der Waals surface area contributed by atoms with E-state index >= 15 is 0 Å². The molecule has 0 aliphatic heterocycles. The first-order valence-corrected chi connectivity index (χ1v) is 5.66. The summed E-state index contributed by atoms with van der Waals surface area (Å²) in [4.78, 5) is 0. The standard InChI is InChI=1S/C14H23N/c1-10-6-7-13(12(3)11(10)2)8-9-14(4,5)15/h6-7H,8-9,15H2,1-5H3. The normalized spacial score (nSPS) is 11.9. The van der Waals surface area contributed by atoms with Crippen LogP contribution >= 0.6 is 0 Å². The minimum atomic E-state index is -0.0643. The van der Waals surface area contributed by atoms with Crippen molar-refractivity contribution in [1.82, 2.24) is 0 Å². The molecule has 1 aromatic rings. The van der Waals surface area contributed by atoms with Gasteiger partial charge in [0.05, 0.1) is 0 Å². The van der Waals surface area contributed by atoms with Crippen LogP contribution in [0.4, 0.5) is 0 Å². The zero-order valence-electron chi connectivity index (χ0n) is 10.6. The van der Waals surface area contributed by atoms with Crippen LogP contribution in [0.2, 0.25) is 0 Å². The molecule has 0 saturated carbocycles. The lowest BCUT2D eigenvalue weighted by Gasteiger charge is -2.19. The van der Waals surface area contributed by atoms with Crippen LogP contribution in [0.1, 0.15) is 42.5 Å². The van der Waals surface area contributed by atoms with Gasteiger partial charge in [-0.2, -0.15) is 0 Å². The van der Waals surface area contributed by atoms with Gasteiger partial charge in [-0.05, 0) is 69.7 Å². The quantitative estimate of drug-likeness (QED) is 0.805. The van der Waals surface area contributed by atoms with Gasteiger partial charge in [-0.1, -0.05) is 12.1 Å². The molecular formula is C14H23N. The lowest BCUT2D eigenvalue weighted by molar-refractivity contribution is 0.476. The predicted octanol–water partition coefficient (Wildman–Crippen LogP) is 3.28. The van der Waals surface area contributed by atoms with Crippen LogP contribution in [-0.2, 0) is 6.42 Å². The fourth-order valence-electron chi connectivity index (χ4n) is 1.74. The van der Waals surface area contributed by atoms with Gasteiger partial charge in [0.1, 0.15) is 0 Å². The third kappa shape index (κ3) is 3.35. The monoisotopic (exact) mass is 205 g/mol. The van der Waals surface area contributed by atoms with E-state index in [1.165, 1.54) is 22.3 Å². The first-order chi connectivity index (χ1) is 6.81. The molecule has 0 fully saturated rings. The van der Waals surface area contributed by atoms with Crippen molar-refractivity contribution in [2.45, 2.75) is 53.0 Å². The van der Waals surface area contributed by atoms with Crippen LogP contribution < -0.4 is 5.73 Å². The van der Waals surface area contributed by atoms with Crippen molar-refractivity contribution in [3.8, 4) is 0 Å². The van der Waals surface area contributed by atoms with Crippen LogP contribution in [-0.4, -0.2) is 5.54 Å². The van der Waals surface area contributed by atoms with E-state index in [9.17, 15) is 0 Å². The van der Waals surface area contributed by atoms with E-state index in [0.717, 1.165) is 12.8 Å². The summed E-state index contributed by atoms with van der Waals surface area (Å²) in [6, 6.07) is 4.45. The van der Waals surface area contributed by atoms with Crippen molar-refractivity contribution in [3.63, 3.8) is 0 Å². The van der Waals surface area contributed by atoms with Crippen molar-refractivity contribution in [2.24, 2.45) is 5.73 Å². The summed E-state index contributed by atoms with van der Waals surface area (Å²) in [5.41, 5.74) is 11.6. The molecule has 15 heavy (non-hydrogen) atoms. The molecule has 0 unspecified atom stereocenters. The van der Waals surface area contributed by atoms with Gasteiger partial charge in [-0.15, -0.1) is 0 Å². The molecule has 0 heterocycles. The Morgan fingerprint density at radius 2 is 1.67 bits per heavy atom. The Kier molecular flexibility index (Phi) is 3.56. The highest BCUT2D eigenvalue weighted by Gasteiger charge is 2.12. The Morgan fingerprint density at radius 3 is 2.20 bits per heavy atom. The summed E-state index contributed by atoms with van der Waals surface area (Å²) in [6.07, 6.45) is 2.12. The van der Waals surface area contributed by atoms with Crippen molar-refractivity contribution in [1.29, 1.82) is 0 Å². The maximum Gasteiger partial charge on any atom is 0.0100 e. The smallest absolute Gasteiger partial charge is 0.0100 e. The minimum absolute atomic E-state index is 0.0643. The van der Waals surface area contributed by atoms with Crippen LogP contribution in [0.15, 0.2) is 12.1 Å². The summed E-state index contributed by atoms with van der Waals surface area (Å²) in [6.45, 7) is 10.7. The molecule has 0 amide bonds. The van der Waals surface area contributed by atoms with Crippen LogP contribution in [0.3, 0.4) is 0 Å². The van der Waals surface area contributed by atoms with E-state index in [-0.39, 0.29) is 5.54 Å². The molecule has 2 N–H and O–H groups in total. The van der Waals surface area contributed by atoms with Crippen molar-refractivity contribution < 1.29 is 0 Å². The summed E-state index contributed by atoms with van der Waals surface area (Å²) in [7, 11) is 0. The molecule has 0 aliphatic rings. The zero-order valence-corrected chi connectivity index (χ0v) is 10.6. The Labute approximate surface area is 93.7 Å². The second-order valence-corrected chi connectivity index (χ2v) is 5.28. The molecule has 84 valence electrons. The topological polar surface area (TPSA) is 26.0 Å². The van der Waals surface area contributed by atoms with Gasteiger partial charge in [-0.25, -0.2) is 0 Å².